The Hall–Kier alpha value is -2.34. The number of carbonyl (C=O) groups excluding carboxylic acids is 1. The number of rotatable bonds is 9. The minimum atomic E-state index is -2.93. The Morgan fingerprint density at radius 1 is 1.20 bits per heavy atom. The Labute approximate surface area is 195 Å². The van der Waals surface area contributed by atoms with E-state index in [2.05, 4.69) is 20.4 Å². The molecule has 4 N–H and O–H groups in total. The molecule has 0 heterocycles. The van der Waals surface area contributed by atoms with Gasteiger partial charge in [-0.25, -0.2) is 0 Å². The third-order valence-electron chi connectivity index (χ3n) is 3.65. The van der Waals surface area contributed by atoms with Crippen molar-refractivity contribution < 1.29 is 23.0 Å². The van der Waals surface area contributed by atoms with Gasteiger partial charge in [0.05, 0.1) is 0 Å². The normalized spacial score (nSPS) is 10.9. The van der Waals surface area contributed by atoms with Gasteiger partial charge in [0.15, 0.2) is 12.6 Å². The Balaban J connectivity index is 0.00000450. The van der Waals surface area contributed by atoms with Gasteiger partial charge in [0.1, 0.15) is 11.5 Å². The highest BCUT2D eigenvalue weighted by atomic mass is 127. The lowest BCUT2D eigenvalue weighted by molar-refractivity contribution is -0.119. The number of hydrogen-bond donors (Lipinski definition) is 3. The summed E-state index contributed by atoms with van der Waals surface area (Å²) in [7, 11) is 1.58. The minimum absolute atomic E-state index is 0. The van der Waals surface area contributed by atoms with Crippen molar-refractivity contribution in [3.05, 3.63) is 58.6 Å². The maximum Gasteiger partial charge on any atom is 0.387 e. The number of guanidine groups is 1. The molecule has 0 aliphatic carbocycles. The summed E-state index contributed by atoms with van der Waals surface area (Å²) in [6, 6.07) is 11.5. The van der Waals surface area contributed by atoms with Crippen LogP contribution in [0.1, 0.15) is 11.1 Å². The number of nitrogens with one attached hydrogen (secondary N) is 2. The lowest BCUT2D eigenvalue weighted by atomic mass is 10.2. The first-order valence-electron chi connectivity index (χ1n) is 8.55. The summed E-state index contributed by atoms with van der Waals surface area (Å²) in [5.41, 5.74) is 6.40. The molecule has 1 amide bonds. The predicted molar refractivity (Wildman–Crippen MR) is 122 cm³/mol. The van der Waals surface area contributed by atoms with Gasteiger partial charge < -0.3 is 25.8 Å². The number of carbonyl (C=O) groups is 1. The number of amides is 1. The summed E-state index contributed by atoms with van der Waals surface area (Å²) in [5, 5.41) is 6.51. The quantitative estimate of drug-likeness (QED) is 0.251. The molecule has 11 heteroatoms. The summed E-state index contributed by atoms with van der Waals surface area (Å²) < 4.78 is 34.9. The molecule has 2 aromatic carbocycles. The molecule has 164 valence electrons. The second-order valence-electron chi connectivity index (χ2n) is 5.81. The van der Waals surface area contributed by atoms with Crippen LogP contribution in [0.5, 0.6) is 11.5 Å². The average Bonchev–Trinajstić information content (AvgIpc) is 2.68. The Morgan fingerprint density at radius 2 is 1.93 bits per heavy atom. The fourth-order valence-electron chi connectivity index (χ4n) is 2.38. The topological polar surface area (TPSA) is 98.0 Å². The van der Waals surface area contributed by atoms with Crippen LogP contribution < -0.4 is 25.8 Å². The first-order valence-corrected chi connectivity index (χ1v) is 8.93. The number of nitrogens with two attached hydrogens (primary N) is 1. The Kier molecular flexibility index (Phi) is 11.2. The molecule has 0 aliphatic rings. The molecule has 0 atom stereocenters. The number of primary amides is 1. The SMILES string of the molecule is CN=C(NCc1cccc(OCC(N)=O)c1)NCc1cc(Cl)ccc1OC(F)F.I. The van der Waals surface area contributed by atoms with Gasteiger partial charge in [0, 0.05) is 30.7 Å². The third kappa shape index (κ3) is 8.99. The molecule has 2 aromatic rings. The molecule has 2 rings (SSSR count). The third-order valence-corrected chi connectivity index (χ3v) is 3.88. The molecule has 0 saturated heterocycles. The largest absolute Gasteiger partial charge is 0.484 e. The van der Waals surface area contributed by atoms with Crippen molar-refractivity contribution >= 4 is 47.4 Å². The van der Waals surface area contributed by atoms with Crippen molar-refractivity contribution in [2.75, 3.05) is 13.7 Å². The second-order valence-corrected chi connectivity index (χ2v) is 6.25. The summed E-state index contributed by atoms with van der Waals surface area (Å²) in [6.07, 6.45) is 0. The molecule has 7 nitrogen and oxygen atoms in total. The van der Waals surface area contributed by atoms with Crippen LogP contribution in [0, 0.1) is 0 Å². The molecule has 0 aromatic heterocycles. The monoisotopic (exact) mass is 554 g/mol. The first kappa shape index (κ1) is 25.7. The summed E-state index contributed by atoms with van der Waals surface area (Å²) in [5.74, 6) is 0.427. The van der Waals surface area contributed by atoms with Crippen molar-refractivity contribution in [1.29, 1.82) is 0 Å². The maximum atomic E-state index is 12.6. The van der Waals surface area contributed by atoms with Crippen molar-refractivity contribution in [3.8, 4) is 11.5 Å². The van der Waals surface area contributed by atoms with Crippen LogP contribution in [0.3, 0.4) is 0 Å². The zero-order chi connectivity index (χ0) is 21.2. The van der Waals surface area contributed by atoms with E-state index in [-0.39, 0.29) is 42.9 Å². The number of halogens is 4. The van der Waals surface area contributed by atoms with Gasteiger partial charge in [-0.05, 0) is 35.9 Å². The van der Waals surface area contributed by atoms with E-state index in [1.54, 1.807) is 31.3 Å². The number of aliphatic imine (C=N–C) groups is 1. The molecular weight excluding hydrogens is 533 g/mol. The van der Waals surface area contributed by atoms with E-state index in [0.717, 1.165) is 5.56 Å². The zero-order valence-electron chi connectivity index (χ0n) is 16.0. The standard InChI is InChI=1S/C19H21ClF2N4O3.HI/c1-24-19(25-9-12-3-2-4-15(7-12)28-11-17(23)27)26-10-13-8-14(20)5-6-16(13)29-18(21)22;/h2-8,18H,9-11H2,1H3,(H2,23,27)(H2,24,25,26);1H. The lowest BCUT2D eigenvalue weighted by Gasteiger charge is -2.15. The van der Waals surface area contributed by atoms with E-state index in [1.165, 1.54) is 12.1 Å². The van der Waals surface area contributed by atoms with Crippen LogP contribution in [-0.4, -0.2) is 32.1 Å². The van der Waals surface area contributed by atoms with Gasteiger partial charge >= 0.3 is 6.61 Å². The molecule has 0 aliphatic heterocycles. The van der Waals surface area contributed by atoms with Crippen molar-refractivity contribution in [2.24, 2.45) is 10.7 Å². The smallest absolute Gasteiger partial charge is 0.387 e. The van der Waals surface area contributed by atoms with Crippen LogP contribution in [-0.2, 0) is 17.9 Å². The van der Waals surface area contributed by atoms with E-state index in [9.17, 15) is 13.6 Å². The van der Waals surface area contributed by atoms with Crippen molar-refractivity contribution in [3.63, 3.8) is 0 Å². The number of hydrogen-bond acceptors (Lipinski definition) is 4. The van der Waals surface area contributed by atoms with Gasteiger partial charge in [-0.15, -0.1) is 24.0 Å². The van der Waals surface area contributed by atoms with Crippen molar-refractivity contribution in [1.82, 2.24) is 10.6 Å². The van der Waals surface area contributed by atoms with Gasteiger partial charge in [-0.3, -0.25) is 9.79 Å². The lowest BCUT2D eigenvalue weighted by Crippen LogP contribution is -2.36. The molecule has 0 radical (unpaired) electrons. The number of benzene rings is 2. The average molecular weight is 555 g/mol. The Morgan fingerprint density at radius 3 is 2.60 bits per heavy atom. The van der Waals surface area contributed by atoms with Gasteiger partial charge in [-0.1, -0.05) is 23.7 Å². The summed E-state index contributed by atoms with van der Waals surface area (Å²) in [4.78, 5) is 14.9. The molecule has 0 bridgehead atoms. The number of alkyl halides is 2. The molecule has 0 saturated carbocycles. The summed E-state index contributed by atoms with van der Waals surface area (Å²) in [6.45, 7) is -2.56. The van der Waals surface area contributed by atoms with Crippen molar-refractivity contribution in [2.45, 2.75) is 19.7 Å². The van der Waals surface area contributed by atoms with Gasteiger partial charge in [-0.2, -0.15) is 8.78 Å². The molecular formula is C19H22ClF2IN4O3. The van der Waals surface area contributed by atoms with Crippen LogP contribution in [0.15, 0.2) is 47.5 Å². The predicted octanol–water partition coefficient (Wildman–Crippen LogP) is 3.29. The fourth-order valence-corrected chi connectivity index (χ4v) is 2.58. The first-order chi connectivity index (χ1) is 13.9. The zero-order valence-corrected chi connectivity index (χ0v) is 19.1. The second kappa shape index (κ2) is 13.1. The van der Waals surface area contributed by atoms with Crippen LogP contribution in [0.4, 0.5) is 8.78 Å². The van der Waals surface area contributed by atoms with E-state index < -0.39 is 12.5 Å². The highest BCUT2D eigenvalue weighted by molar-refractivity contribution is 14.0. The van der Waals surface area contributed by atoms with Crippen LogP contribution in [0.2, 0.25) is 5.02 Å². The number of ether oxygens (including phenoxy) is 2. The maximum absolute atomic E-state index is 12.6. The van der Waals surface area contributed by atoms with Gasteiger partial charge in [0.25, 0.3) is 5.91 Å². The molecule has 0 unspecified atom stereocenters. The van der Waals surface area contributed by atoms with E-state index in [1.807, 2.05) is 6.07 Å². The highest BCUT2D eigenvalue weighted by Crippen LogP contribution is 2.24. The Bertz CT molecular complexity index is 871. The van der Waals surface area contributed by atoms with Crippen LogP contribution >= 0.6 is 35.6 Å². The van der Waals surface area contributed by atoms with Gasteiger partial charge in [0.2, 0.25) is 0 Å². The number of nitrogens with zero attached hydrogens (tertiary/aromatic N) is 1. The summed E-state index contributed by atoms with van der Waals surface area (Å²) >= 11 is 5.95. The molecule has 0 fully saturated rings. The minimum Gasteiger partial charge on any atom is -0.484 e. The van der Waals surface area contributed by atoms with E-state index in [0.29, 0.717) is 28.8 Å². The van der Waals surface area contributed by atoms with E-state index in [4.69, 9.17) is 22.1 Å². The molecule has 30 heavy (non-hydrogen) atoms. The van der Waals surface area contributed by atoms with E-state index >= 15 is 0 Å². The fraction of sp³-hybridized carbons (Fsp3) is 0.263. The van der Waals surface area contributed by atoms with Crippen LogP contribution in [0.25, 0.3) is 0 Å². The highest BCUT2D eigenvalue weighted by Gasteiger charge is 2.11. The molecule has 0 spiro atoms.